The zero-order valence-electron chi connectivity index (χ0n) is 18.1. The first-order valence-corrected chi connectivity index (χ1v) is 11.0. The molecule has 0 aliphatic carbocycles. The van der Waals surface area contributed by atoms with Gasteiger partial charge in [-0.1, -0.05) is 36.4 Å². The van der Waals surface area contributed by atoms with Crippen LogP contribution in [0.2, 0.25) is 0 Å². The Labute approximate surface area is 190 Å². The molecule has 3 N–H and O–H groups in total. The monoisotopic (exact) mass is 426 g/mol. The molecule has 0 saturated carbocycles. The minimum atomic E-state index is -0.0645. The summed E-state index contributed by atoms with van der Waals surface area (Å²) in [5, 5.41) is 9.44. The number of hydrogen-bond donors (Lipinski definition) is 3. The van der Waals surface area contributed by atoms with Gasteiger partial charge in [-0.2, -0.15) is 4.98 Å². The largest absolute Gasteiger partial charge is 0.370 e. The van der Waals surface area contributed by atoms with Crippen molar-refractivity contribution in [3.05, 3.63) is 66.4 Å². The second-order valence-corrected chi connectivity index (χ2v) is 7.84. The molecule has 2 heterocycles. The number of urea groups is 1. The van der Waals surface area contributed by atoms with Crippen molar-refractivity contribution in [3.63, 3.8) is 0 Å². The fraction of sp³-hybridized carbons (Fsp3) is 0.292. The van der Waals surface area contributed by atoms with Crippen molar-refractivity contribution in [1.82, 2.24) is 14.9 Å². The molecule has 2 aromatic carbocycles. The minimum Gasteiger partial charge on any atom is -0.370 e. The van der Waals surface area contributed by atoms with Gasteiger partial charge in [0.2, 0.25) is 5.95 Å². The number of carbonyl (C=O) groups is 1. The van der Waals surface area contributed by atoms with E-state index in [9.17, 15) is 4.79 Å². The average molecular weight is 426 g/mol. The zero-order valence-corrected chi connectivity index (χ0v) is 18.1. The van der Waals surface area contributed by atoms with Crippen LogP contribution < -0.4 is 21.4 Å². The van der Waals surface area contributed by atoms with Crippen LogP contribution in [0.3, 0.4) is 0 Å². The maximum Gasteiger partial charge on any atom is 0.321 e. The van der Waals surface area contributed by atoms with Gasteiger partial charge in [0, 0.05) is 37.2 Å². The van der Waals surface area contributed by atoms with E-state index in [1.165, 1.54) is 5.56 Å². The Bertz CT molecular complexity index is 1040. The minimum absolute atomic E-state index is 0.0645. The van der Waals surface area contributed by atoms with Crippen molar-refractivity contribution in [2.45, 2.75) is 25.7 Å². The van der Waals surface area contributed by atoms with Crippen LogP contribution in [-0.2, 0) is 6.42 Å². The van der Waals surface area contributed by atoms with Gasteiger partial charge in [0.25, 0.3) is 0 Å². The number of rotatable bonds is 8. The van der Waals surface area contributed by atoms with Crippen molar-refractivity contribution in [3.8, 4) is 0 Å². The van der Waals surface area contributed by atoms with Gasteiger partial charge in [0.15, 0.2) is 0 Å². The molecular formula is C24H27BN6O. The van der Waals surface area contributed by atoms with Gasteiger partial charge in [-0.25, -0.2) is 9.78 Å². The number of carbonyl (C=O) groups excluding carboxylic acids is 1. The molecule has 8 heteroatoms. The second-order valence-electron chi connectivity index (χ2n) is 7.84. The van der Waals surface area contributed by atoms with E-state index in [1.807, 2.05) is 35.2 Å². The molecule has 4 rings (SSSR count). The maximum absolute atomic E-state index is 12.3. The Morgan fingerprint density at radius 2 is 1.81 bits per heavy atom. The van der Waals surface area contributed by atoms with Crippen LogP contribution in [0.25, 0.3) is 0 Å². The Kier molecular flexibility index (Phi) is 7.22. The molecule has 3 aromatic rings. The van der Waals surface area contributed by atoms with Crippen molar-refractivity contribution in [2.75, 3.05) is 35.6 Å². The zero-order chi connectivity index (χ0) is 22.2. The smallest absolute Gasteiger partial charge is 0.321 e. The molecule has 1 aliphatic heterocycles. The molecule has 2 amide bonds. The summed E-state index contributed by atoms with van der Waals surface area (Å²) >= 11 is 0. The highest BCUT2D eigenvalue weighted by molar-refractivity contribution is 6.35. The third-order valence-electron chi connectivity index (χ3n) is 5.36. The molecule has 32 heavy (non-hydrogen) atoms. The van der Waals surface area contributed by atoms with Crippen LogP contribution in [0.1, 0.15) is 24.8 Å². The quantitative estimate of drug-likeness (QED) is 0.378. The molecule has 0 atom stereocenters. The molecule has 1 aliphatic rings. The van der Waals surface area contributed by atoms with E-state index in [1.54, 1.807) is 6.20 Å². The number of amides is 2. The van der Waals surface area contributed by atoms with E-state index in [2.05, 4.69) is 50.2 Å². The lowest BCUT2D eigenvalue weighted by Gasteiger charge is -2.16. The summed E-state index contributed by atoms with van der Waals surface area (Å²) in [6, 6.07) is 17.8. The van der Waals surface area contributed by atoms with E-state index in [-0.39, 0.29) is 6.03 Å². The van der Waals surface area contributed by atoms with Crippen LogP contribution in [0.4, 0.5) is 27.9 Å². The molecule has 0 spiro atoms. The predicted octanol–water partition coefficient (Wildman–Crippen LogP) is 3.69. The number of likely N-dealkylation sites (tertiary alicyclic amines) is 1. The molecule has 0 unspecified atom stereocenters. The van der Waals surface area contributed by atoms with E-state index in [0.29, 0.717) is 17.2 Å². The van der Waals surface area contributed by atoms with Crippen molar-refractivity contribution < 1.29 is 4.79 Å². The number of nitrogens with one attached hydrogen (secondary N) is 3. The molecule has 1 saturated heterocycles. The highest BCUT2D eigenvalue weighted by Gasteiger charge is 2.17. The summed E-state index contributed by atoms with van der Waals surface area (Å²) in [6.07, 6.45) is 5.67. The van der Waals surface area contributed by atoms with Crippen LogP contribution >= 0.6 is 0 Å². The normalized spacial score (nSPS) is 13.1. The highest BCUT2D eigenvalue weighted by atomic mass is 16.2. The summed E-state index contributed by atoms with van der Waals surface area (Å²) in [4.78, 5) is 23.0. The number of benzene rings is 2. The summed E-state index contributed by atoms with van der Waals surface area (Å²) in [6.45, 7) is 2.38. The van der Waals surface area contributed by atoms with E-state index in [4.69, 9.17) is 7.85 Å². The van der Waals surface area contributed by atoms with Crippen LogP contribution in [-0.4, -0.2) is 48.4 Å². The SMILES string of the molecule is [B]c1cnc(Nc2cccc(NC(=O)N3CCCC3)c2)nc1NCCCc1ccccc1. The van der Waals surface area contributed by atoms with Crippen molar-refractivity contribution in [1.29, 1.82) is 0 Å². The van der Waals surface area contributed by atoms with Gasteiger partial charge in [-0.15, -0.1) is 0 Å². The van der Waals surface area contributed by atoms with Crippen LogP contribution in [0, 0.1) is 0 Å². The van der Waals surface area contributed by atoms with Crippen LogP contribution in [0.5, 0.6) is 0 Å². The number of hydrogen-bond acceptors (Lipinski definition) is 5. The van der Waals surface area contributed by atoms with Gasteiger partial charge in [-0.3, -0.25) is 0 Å². The number of aromatic nitrogens is 2. The third kappa shape index (κ3) is 6.00. The summed E-state index contributed by atoms with van der Waals surface area (Å²) < 4.78 is 0. The molecule has 1 aromatic heterocycles. The molecule has 1 fully saturated rings. The van der Waals surface area contributed by atoms with Gasteiger partial charge < -0.3 is 20.9 Å². The van der Waals surface area contributed by atoms with Crippen molar-refractivity contribution >= 4 is 42.5 Å². The fourth-order valence-corrected chi connectivity index (χ4v) is 3.66. The van der Waals surface area contributed by atoms with E-state index in [0.717, 1.165) is 56.7 Å². The molecule has 7 nitrogen and oxygen atoms in total. The Morgan fingerprint density at radius 3 is 2.62 bits per heavy atom. The van der Waals surface area contributed by atoms with Gasteiger partial charge in [-0.05, 0) is 54.9 Å². The number of anilines is 4. The standard InChI is InChI=1S/C24H27BN6O/c25-21-17-27-23(30-22(21)26-13-7-10-18-8-2-1-3-9-18)28-19-11-6-12-20(16-19)29-24(32)31-14-4-5-15-31/h1-3,6,8-9,11-12,16-17H,4-5,7,10,13-15H2,(H,29,32)(H2,26,27,28,30). The van der Waals surface area contributed by atoms with Gasteiger partial charge in [0.05, 0.1) is 0 Å². The number of nitrogens with zero attached hydrogens (tertiary/aromatic N) is 3. The van der Waals surface area contributed by atoms with E-state index >= 15 is 0 Å². The summed E-state index contributed by atoms with van der Waals surface area (Å²) in [5.74, 6) is 1.04. The molecule has 2 radical (unpaired) electrons. The van der Waals surface area contributed by atoms with Crippen LogP contribution in [0.15, 0.2) is 60.8 Å². The third-order valence-corrected chi connectivity index (χ3v) is 5.36. The summed E-state index contributed by atoms with van der Waals surface area (Å²) in [5.41, 5.74) is 3.32. The fourth-order valence-electron chi connectivity index (χ4n) is 3.66. The Morgan fingerprint density at radius 1 is 1.03 bits per heavy atom. The Balaban J connectivity index is 1.33. The molecule has 162 valence electrons. The first kappa shape index (κ1) is 21.7. The first-order chi connectivity index (χ1) is 15.7. The van der Waals surface area contributed by atoms with E-state index < -0.39 is 0 Å². The lowest BCUT2D eigenvalue weighted by molar-refractivity contribution is 0.222. The predicted molar refractivity (Wildman–Crippen MR) is 130 cm³/mol. The molecule has 0 bridgehead atoms. The lowest BCUT2D eigenvalue weighted by Crippen LogP contribution is -2.32. The molecular weight excluding hydrogens is 399 g/mol. The summed E-state index contributed by atoms with van der Waals surface area (Å²) in [7, 11) is 6.05. The highest BCUT2D eigenvalue weighted by Crippen LogP contribution is 2.19. The topological polar surface area (TPSA) is 82.2 Å². The second kappa shape index (κ2) is 10.7. The first-order valence-electron chi connectivity index (χ1n) is 11.0. The van der Waals surface area contributed by atoms with Gasteiger partial charge in [0.1, 0.15) is 13.7 Å². The Hall–Kier alpha value is -3.55. The van der Waals surface area contributed by atoms with Crippen molar-refractivity contribution in [2.24, 2.45) is 0 Å². The number of aryl methyl sites for hydroxylation is 1. The van der Waals surface area contributed by atoms with Gasteiger partial charge >= 0.3 is 6.03 Å². The average Bonchev–Trinajstić information content (AvgIpc) is 3.35. The lowest BCUT2D eigenvalue weighted by atomic mass is 9.99. The maximum atomic E-state index is 12.3.